The Labute approximate surface area is 90.8 Å². The molecule has 0 aromatic rings. The van der Waals surface area contributed by atoms with Crippen LogP contribution in [-0.2, 0) is 14.4 Å². The highest BCUT2D eigenvalue weighted by Gasteiger charge is 2.29. The van der Waals surface area contributed by atoms with Gasteiger partial charge in [0, 0.05) is 0 Å². The van der Waals surface area contributed by atoms with E-state index in [9.17, 15) is 19.7 Å². The van der Waals surface area contributed by atoms with Gasteiger partial charge < -0.3 is 10.2 Å². The first kappa shape index (κ1) is 13.6. The summed E-state index contributed by atoms with van der Waals surface area (Å²) in [5.74, 6) is -0.543. The first-order valence-electron chi connectivity index (χ1n) is 3.99. The molecule has 0 heterocycles. The van der Waals surface area contributed by atoms with Gasteiger partial charge in [-0.25, -0.2) is 0 Å². The van der Waals surface area contributed by atoms with Gasteiger partial charge in [-0.05, 0) is 25.4 Å². The van der Waals surface area contributed by atoms with Crippen LogP contribution in [0.5, 0.6) is 0 Å². The van der Waals surface area contributed by atoms with Crippen molar-refractivity contribution in [2.75, 3.05) is 13.2 Å². The molecule has 0 saturated heterocycles. The Hall–Kier alpha value is -1.37. The Kier molecular flexibility index (Phi) is 4.99. The first-order chi connectivity index (χ1) is 6.75. The molecule has 15 heavy (non-hydrogen) atoms. The minimum Gasteiger partial charge on any atom is -0.347 e. The van der Waals surface area contributed by atoms with E-state index in [2.05, 4.69) is 10.2 Å². The third-order valence-corrected chi connectivity index (χ3v) is 1.67. The molecule has 1 N–H and O–H groups in total. The molecule has 7 nitrogen and oxygen atoms in total. The van der Waals surface area contributed by atoms with E-state index in [1.165, 1.54) is 13.8 Å². The maximum absolute atomic E-state index is 11.4. The number of hydrogen-bond donors (Lipinski definition) is 1. The largest absolute Gasteiger partial charge is 0.347 e. The summed E-state index contributed by atoms with van der Waals surface area (Å²) in [6.45, 7) is 2.19. The van der Waals surface area contributed by atoms with Gasteiger partial charge in [0.1, 0.15) is 6.61 Å². The highest BCUT2D eigenvalue weighted by atomic mass is 35.5. The lowest BCUT2D eigenvalue weighted by Crippen LogP contribution is -2.41. The molecule has 0 fully saturated rings. The minimum atomic E-state index is -1.10. The second-order valence-electron chi connectivity index (χ2n) is 3.42. The lowest BCUT2D eigenvalue weighted by molar-refractivity contribution is -0.760. The number of amides is 1. The van der Waals surface area contributed by atoms with Crippen molar-refractivity contribution in [2.45, 2.75) is 13.8 Å². The fraction of sp³-hybridized carbons (Fsp3) is 0.714. The lowest BCUT2D eigenvalue weighted by Gasteiger charge is -2.21. The van der Waals surface area contributed by atoms with Crippen LogP contribution in [0.25, 0.3) is 0 Å². The van der Waals surface area contributed by atoms with Crippen molar-refractivity contribution in [2.24, 2.45) is 5.41 Å². The quantitative estimate of drug-likeness (QED) is 0.402. The predicted molar refractivity (Wildman–Crippen MR) is 50.6 cm³/mol. The van der Waals surface area contributed by atoms with Crippen LogP contribution in [0.1, 0.15) is 13.8 Å². The smallest absolute Gasteiger partial charge is 0.294 e. The molecular formula is C7H11ClN2O5. The van der Waals surface area contributed by atoms with E-state index in [0.29, 0.717) is 0 Å². The van der Waals surface area contributed by atoms with Crippen molar-refractivity contribution < 1.29 is 19.5 Å². The summed E-state index contributed by atoms with van der Waals surface area (Å²) in [5, 5.41) is 10.4. The fourth-order valence-electron chi connectivity index (χ4n) is 0.669. The predicted octanol–water partition coefficient (Wildman–Crippen LogP) is 0.102. The van der Waals surface area contributed by atoms with Gasteiger partial charge in [0.15, 0.2) is 0 Å². The molecule has 0 radical (unpaired) electrons. The van der Waals surface area contributed by atoms with Crippen molar-refractivity contribution in [3.8, 4) is 0 Å². The van der Waals surface area contributed by atoms with Gasteiger partial charge in [-0.15, -0.1) is 10.1 Å². The third kappa shape index (κ3) is 5.84. The molecule has 0 bridgehead atoms. The molecule has 0 aromatic carbocycles. The van der Waals surface area contributed by atoms with Crippen LogP contribution in [0.3, 0.4) is 0 Å². The van der Waals surface area contributed by atoms with Gasteiger partial charge in [-0.3, -0.25) is 9.59 Å². The van der Waals surface area contributed by atoms with Gasteiger partial charge in [0.25, 0.3) is 5.09 Å². The van der Waals surface area contributed by atoms with E-state index in [0.717, 1.165) is 0 Å². The molecule has 0 spiro atoms. The zero-order valence-corrected chi connectivity index (χ0v) is 9.04. The molecular weight excluding hydrogens is 228 g/mol. The fourth-order valence-corrected chi connectivity index (χ4v) is 0.735. The zero-order chi connectivity index (χ0) is 12.1. The summed E-state index contributed by atoms with van der Waals surface area (Å²) in [4.78, 5) is 35.7. The Morgan fingerprint density at radius 1 is 1.53 bits per heavy atom. The summed E-state index contributed by atoms with van der Waals surface area (Å²) < 4.78 is 0. The second kappa shape index (κ2) is 5.50. The number of hydrogen-bond acceptors (Lipinski definition) is 5. The van der Waals surface area contributed by atoms with E-state index in [-0.39, 0.29) is 13.2 Å². The molecule has 8 heteroatoms. The maximum atomic E-state index is 11.4. The first-order valence-corrected chi connectivity index (χ1v) is 4.37. The average Bonchev–Trinajstić information content (AvgIpc) is 2.11. The van der Waals surface area contributed by atoms with E-state index < -0.39 is 21.7 Å². The molecule has 0 unspecified atom stereocenters. The summed E-state index contributed by atoms with van der Waals surface area (Å²) in [6.07, 6.45) is 0. The number of carbonyl (C=O) groups excluding carboxylic acids is 2. The van der Waals surface area contributed by atoms with Crippen LogP contribution in [0.4, 0.5) is 0 Å². The van der Waals surface area contributed by atoms with Gasteiger partial charge in [-0.2, -0.15) is 0 Å². The topological polar surface area (TPSA) is 98.5 Å². The van der Waals surface area contributed by atoms with Gasteiger partial charge in [0.05, 0.1) is 12.0 Å². The number of halogens is 1. The Morgan fingerprint density at radius 2 is 2.07 bits per heavy atom. The van der Waals surface area contributed by atoms with Crippen LogP contribution in [-0.4, -0.2) is 29.4 Å². The highest BCUT2D eigenvalue weighted by molar-refractivity contribution is 6.64. The SMILES string of the molecule is CC(C)(CO[N+](=O)[O-])C(=O)NCC(=O)Cl. The highest BCUT2D eigenvalue weighted by Crippen LogP contribution is 2.15. The van der Waals surface area contributed by atoms with Crippen molar-refractivity contribution >= 4 is 22.8 Å². The monoisotopic (exact) mass is 238 g/mol. The Morgan fingerprint density at radius 3 is 2.47 bits per heavy atom. The van der Waals surface area contributed by atoms with Crippen molar-refractivity contribution in [3.63, 3.8) is 0 Å². The van der Waals surface area contributed by atoms with E-state index in [1.54, 1.807) is 0 Å². The number of nitrogens with zero attached hydrogens (tertiary/aromatic N) is 1. The lowest BCUT2D eigenvalue weighted by atomic mass is 9.94. The Balaban J connectivity index is 4.13. The molecule has 0 aliphatic rings. The number of carbonyl (C=O) groups is 2. The van der Waals surface area contributed by atoms with Crippen molar-refractivity contribution in [1.82, 2.24) is 5.32 Å². The third-order valence-electron chi connectivity index (χ3n) is 1.53. The van der Waals surface area contributed by atoms with Crippen LogP contribution in [0.15, 0.2) is 0 Å². The molecule has 0 aliphatic carbocycles. The van der Waals surface area contributed by atoms with E-state index in [1.807, 2.05) is 0 Å². The van der Waals surface area contributed by atoms with Crippen LogP contribution in [0.2, 0.25) is 0 Å². The zero-order valence-electron chi connectivity index (χ0n) is 8.28. The summed E-state index contributed by atoms with van der Waals surface area (Å²) >= 11 is 5.01. The number of nitrogens with one attached hydrogen (secondary N) is 1. The molecule has 0 aromatic heterocycles. The second-order valence-corrected chi connectivity index (χ2v) is 3.84. The van der Waals surface area contributed by atoms with Crippen LogP contribution in [0, 0.1) is 15.5 Å². The standard InChI is InChI=1S/C7H11ClN2O5/c1-7(2,4-15-10(13)14)6(12)9-3-5(8)11/h3-4H2,1-2H3,(H,9,12). The number of rotatable bonds is 6. The summed E-state index contributed by atoms with van der Waals surface area (Å²) in [5.41, 5.74) is -1.10. The summed E-state index contributed by atoms with van der Waals surface area (Å²) in [7, 11) is 0. The molecule has 0 rings (SSSR count). The average molecular weight is 239 g/mol. The van der Waals surface area contributed by atoms with E-state index in [4.69, 9.17) is 11.6 Å². The molecule has 1 amide bonds. The van der Waals surface area contributed by atoms with Gasteiger partial charge >= 0.3 is 0 Å². The van der Waals surface area contributed by atoms with Crippen molar-refractivity contribution in [1.29, 1.82) is 0 Å². The normalized spacial score (nSPS) is 10.6. The maximum Gasteiger partial charge on any atom is 0.294 e. The van der Waals surface area contributed by atoms with Crippen LogP contribution < -0.4 is 5.32 Å². The van der Waals surface area contributed by atoms with Gasteiger partial charge in [-0.1, -0.05) is 0 Å². The van der Waals surface area contributed by atoms with Crippen molar-refractivity contribution in [3.05, 3.63) is 10.1 Å². The summed E-state index contributed by atoms with van der Waals surface area (Å²) in [6, 6.07) is 0. The molecule has 0 saturated carbocycles. The molecule has 0 atom stereocenters. The Bertz CT molecular complexity index is 279. The molecule has 86 valence electrons. The molecule has 0 aliphatic heterocycles. The van der Waals surface area contributed by atoms with E-state index >= 15 is 0 Å². The van der Waals surface area contributed by atoms with Gasteiger partial charge in [0.2, 0.25) is 11.1 Å². The van der Waals surface area contributed by atoms with Crippen LogP contribution >= 0.6 is 11.6 Å². The minimum absolute atomic E-state index is 0.317.